The van der Waals surface area contributed by atoms with Crippen molar-refractivity contribution in [2.75, 3.05) is 5.32 Å². The number of hydrogen-bond donors (Lipinski definition) is 3. The average molecular weight is 385 g/mol. The van der Waals surface area contributed by atoms with Crippen molar-refractivity contribution >= 4 is 30.0 Å². The summed E-state index contributed by atoms with van der Waals surface area (Å²) in [7, 11) is 0. The first-order valence-electron chi connectivity index (χ1n) is 7.28. The van der Waals surface area contributed by atoms with Crippen LogP contribution in [0, 0.1) is 0 Å². The van der Waals surface area contributed by atoms with Crippen LogP contribution in [-0.4, -0.2) is 35.4 Å². The van der Waals surface area contributed by atoms with Crippen LogP contribution in [0.4, 0.5) is 18.9 Å². The van der Waals surface area contributed by atoms with E-state index in [0.29, 0.717) is 12.8 Å². The average Bonchev–Trinajstić information content (AvgIpc) is 2.47. The number of amides is 1. The second-order valence-corrected chi connectivity index (χ2v) is 5.13. The molecule has 0 aliphatic carbocycles. The third-order valence-electron chi connectivity index (χ3n) is 3.08. The van der Waals surface area contributed by atoms with E-state index in [1.165, 1.54) is 19.1 Å². The topological polar surface area (TPSA) is 87.7 Å². The molecule has 0 saturated carbocycles. The maximum absolute atomic E-state index is 12.1. The van der Waals surface area contributed by atoms with Crippen molar-refractivity contribution in [1.82, 2.24) is 5.32 Å². The molecule has 6 nitrogen and oxygen atoms in total. The predicted molar refractivity (Wildman–Crippen MR) is 87.9 cm³/mol. The fraction of sp³-hybridized carbons (Fsp3) is 0.467. The molecule has 0 aliphatic heterocycles. The molecule has 2 atom stereocenters. The Morgan fingerprint density at radius 1 is 1.24 bits per heavy atom. The zero-order valence-electron chi connectivity index (χ0n) is 13.6. The molecule has 0 aromatic heterocycles. The van der Waals surface area contributed by atoms with E-state index in [1.807, 2.05) is 6.92 Å². The molecule has 1 amide bonds. The number of nitrogens with one attached hydrogen (secondary N) is 2. The van der Waals surface area contributed by atoms with Crippen LogP contribution in [0.1, 0.15) is 26.7 Å². The van der Waals surface area contributed by atoms with Crippen molar-refractivity contribution in [3.05, 3.63) is 24.3 Å². The Hall–Kier alpha value is -2.00. The Morgan fingerprint density at radius 2 is 1.80 bits per heavy atom. The van der Waals surface area contributed by atoms with Crippen LogP contribution in [0.2, 0.25) is 0 Å². The molecule has 0 saturated heterocycles. The second kappa shape index (κ2) is 10.1. The van der Waals surface area contributed by atoms with Gasteiger partial charge in [0.05, 0.1) is 6.04 Å². The fourth-order valence-corrected chi connectivity index (χ4v) is 1.93. The number of carbonyl (C=O) groups excluding carboxylic acids is 1. The smallest absolute Gasteiger partial charge is 0.480 e. The number of halogens is 4. The number of alkyl halides is 3. The van der Waals surface area contributed by atoms with Crippen LogP contribution in [0.3, 0.4) is 0 Å². The molecule has 0 heterocycles. The van der Waals surface area contributed by atoms with Crippen molar-refractivity contribution in [3.8, 4) is 5.75 Å². The van der Waals surface area contributed by atoms with E-state index in [2.05, 4.69) is 15.4 Å². The first-order valence-corrected chi connectivity index (χ1v) is 7.28. The van der Waals surface area contributed by atoms with Crippen molar-refractivity contribution in [2.45, 2.75) is 45.1 Å². The summed E-state index contributed by atoms with van der Waals surface area (Å²) < 4.78 is 39.9. The Labute approximate surface area is 149 Å². The molecular weight excluding hydrogens is 365 g/mol. The highest BCUT2D eigenvalue weighted by Crippen LogP contribution is 2.23. The highest BCUT2D eigenvalue weighted by molar-refractivity contribution is 5.95. The Kier molecular flexibility index (Phi) is 9.29. The van der Waals surface area contributed by atoms with Gasteiger partial charge in [0.15, 0.2) is 0 Å². The predicted octanol–water partition coefficient (Wildman–Crippen LogP) is 3.18. The number of aliphatic carboxylic acids is 1. The number of carboxylic acid groups (broad SMARTS) is 1. The SMILES string of the molecule is CCCC(NC(C)C(=O)Nc1ccc(OC(F)(F)F)cc1)C(=O)O.Cl. The van der Waals surface area contributed by atoms with E-state index in [0.717, 1.165) is 12.1 Å². The quantitative estimate of drug-likeness (QED) is 0.640. The highest BCUT2D eigenvalue weighted by atomic mass is 35.5. The molecule has 0 radical (unpaired) electrons. The molecule has 0 aliphatic rings. The molecule has 1 rings (SSSR count). The van der Waals surface area contributed by atoms with Gasteiger partial charge in [-0.1, -0.05) is 13.3 Å². The second-order valence-electron chi connectivity index (χ2n) is 5.13. The Morgan fingerprint density at radius 3 is 2.24 bits per heavy atom. The molecule has 3 N–H and O–H groups in total. The zero-order chi connectivity index (χ0) is 18.3. The number of benzene rings is 1. The van der Waals surface area contributed by atoms with E-state index in [-0.39, 0.29) is 18.1 Å². The van der Waals surface area contributed by atoms with Crippen LogP contribution in [0.25, 0.3) is 0 Å². The van der Waals surface area contributed by atoms with E-state index >= 15 is 0 Å². The molecule has 1 aromatic rings. The summed E-state index contributed by atoms with van der Waals surface area (Å²) in [6.07, 6.45) is -3.77. The number of carboxylic acids is 1. The Balaban J connectivity index is 0.00000576. The van der Waals surface area contributed by atoms with E-state index in [4.69, 9.17) is 5.11 Å². The van der Waals surface area contributed by atoms with Gasteiger partial charge in [-0.25, -0.2) is 0 Å². The molecular formula is C15H20ClF3N2O4. The van der Waals surface area contributed by atoms with Crippen molar-refractivity contribution in [2.24, 2.45) is 0 Å². The van der Waals surface area contributed by atoms with Gasteiger partial charge in [0.25, 0.3) is 0 Å². The third kappa shape index (κ3) is 8.59. The first kappa shape index (κ1) is 23.0. The van der Waals surface area contributed by atoms with Gasteiger partial charge in [0, 0.05) is 5.69 Å². The van der Waals surface area contributed by atoms with Crippen LogP contribution >= 0.6 is 12.4 Å². The maximum atomic E-state index is 12.1. The standard InChI is InChI=1S/C15H19F3N2O4.ClH/c1-3-4-12(14(22)23)19-9(2)13(21)20-10-5-7-11(8-6-10)24-15(16,17)18;/h5-9,12,19H,3-4H2,1-2H3,(H,20,21)(H,22,23);1H. The van der Waals surface area contributed by atoms with Gasteiger partial charge in [-0.15, -0.1) is 25.6 Å². The minimum absolute atomic E-state index is 0. The number of ether oxygens (including phenoxy) is 1. The van der Waals surface area contributed by atoms with Gasteiger partial charge in [0.1, 0.15) is 11.8 Å². The highest BCUT2D eigenvalue weighted by Gasteiger charge is 2.31. The summed E-state index contributed by atoms with van der Waals surface area (Å²) in [5.74, 6) is -1.95. The Bertz CT molecular complexity index is 567. The normalized spacial score (nSPS) is 13.3. The summed E-state index contributed by atoms with van der Waals surface area (Å²) >= 11 is 0. The van der Waals surface area contributed by atoms with Crippen molar-refractivity contribution in [3.63, 3.8) is 0 Å². The molecule has 2 unspecified atom stereocenters. The number of anilines is 1. The molecule has 1 aromatic carbocycles. The molecule has 0 fully saturated rings. The molecule has 10 heteroatoms. The van der Waals surface area contributed by atoms with Gasteiger partial charge < -0.3 is 15.2 Å². The summed E-state index contributed by atoms with van der Waals surface area (Å²) in [5.41, 5.74) is 0.269. The van der Waals surface area contributed by atoms with Gasteiger partial charge >= 0.3 is 12.3 Å². The number of carbonyl (C=O) groups is 2. The zero-order valence-corrected chi connectivity index (χ0v) is 14.4. The van der Waals surface area contributed by atoms with Crippen molar-refractivity contribution < 1.29 is 32.6 Å². The van der Waals surface area contributed by atoms with Gasteiger partial charge in [0.2, 0.25) is 5.91 Å². The largest absolute Gasteiger partial charge is 0.573 e. The van der Waals surface area contributed by atoms with E-state index < -0.39 is 36.1 Å². The summed E-state index contributed by atoms with van der Waals surface area (Å²) in [5, 5.41) is 14.2. The minimum atomic E-state index is -4.78. The monoisotopic (exact) mass is 384 g/mol. The first-order chi connectivity index (χ1) is 11.1. The summed E-state index contributed by atoms with van der Waals surface area (Å²) in [6, 6.07) is 3.01. The minimum Gasteiger partial charge on any atom is -0.480 e. The maximum Gasteiger partial charge on any atom is 0.573 e. The third-order valence-corrected chi connectivity index (χ3v) is 3.08. The van der Waals surface area contributed by atoms with Crippen LogP contribution < -0.4 is 15.4 Å². The fourth-order valence-electron chi connectivity index (χ4n) is 1.93. The van der Waals surface area contributed by atoms with Crippen LogP contribution in [0.5, 0.6) is 5.75 Å². The van der Waals surface area contributed by atoms with E-state index in [9.17, 15) is 22.8 Å². The number of rotatable bonds is 8. The number of hydrogen-bond acceptors (Lipinski definition) is 4. The molecule has 25 heavy (non-hydrogen) atoms. The lowest BCUT2D eigenvalue weighted by molar-refractivity contribution is -0.274. The van der Waals surface area contributed by atoms with Crippen molar-refractivity contribution in [1.29, 1.82) is 0 Å². The van der Waals surface area contributed by atoms with Crippen LogP contribution in [-0.2, 0) is 9.59 Å². The summed E-state index contributed by atoms with van der Waals surface area (Å²) in [6.45, 7) is 3.33. The molecule has 142 valence electrons. The van der Waals surface area contributed by atoms with Gasteiger partial charge in [-0.2, -0.15) is 0 Å². The lowest BCUT2D eigenvalue weighted by atomic mass is 10.1. The summed E-state index contributed by atoms with van der Waals surface area (Å²) in [4.78, 5) is 23.1. The van der Waals surface area contributed by atoms with Gasteiger partial charge in [-0.3, -0.25) is 14.9 Å². The molecule has 0 spiro atoms. The van der Waals surface area contributed by atoms with E-state index in [1.54, 1.807) is 0 Å². The lowest BCUT2D eigenvalue weighted by Gasteiger charge is -2.19. The van der Waals surface area contributed by atoms with Crippen LogP contribution in [0.15, 0.2) is 24.3 Å². The van der Waals surface area contributed by atoms with Gasteiger partial charge in [-0.05, 0) is 37.6 Å². The lowest BCUT2D eigenvalue weighted by Crippen LogP contribution is -2.47. The molecule has 0 bridgehead atoms.